The second-order valence-corrected chi connectivity index (χ2v) is 4.59. The van der Waals surface area contributed by atoms with Crippen LogP contribution in [0.3, 0.4) is 0 Å². The zero-order valence-corrected chi connectivity index (χ0v) is 11.0. The maximum absolute atomic E-state index is 12.1. The molecule has 2 nitrogen and oxygen atoms in total. The summed E-state index contributed by atoms with van der Waals surface area (Å²) in [6, 6.07) is 13.4. The first-order valence-electron chi connectivity index (χ1n) is 6.02. The van der Waals surface area contributed by atoms with Gasteiger partial charge in [0.2, 0.25) is 5.69 Å². The van der Waals surface area contributed by atoms with Crippen LogP contribution in [0.4, 0.5) is 5.69 Å². The molecule has 0 radical (unpaired) electrons. The van der Waals surface area contributed by atoms with Gasteiger partial charge < -0.3 is 5.21 Å². The maximum atomic E-state index is 12.1. The van der Waals surface area contributed by atoms with Crippen molar-refractivity contribution in [3.05, 3.63) is 69.9 Å². The Bertz CT molecular complexity index is 586. The Kier molecular flexibility index (Phi) is 3.47. The Labute approximate surface area is 108 Å². The first-order chi connectivity index (χ1) is 8.58. The van der Waals surface area contributed by atoms with Crippen LogP contribution >= 0.6 is 0 Å². The quantitative estimate of drug-likeness (QED) is 0.338. The average Bonchev–Trinajstić information content (AvgIpc) is 2.36. The summed E-state index contributed by atoms with van der Waals surface area (Å²) in [5.74, 6) is 0. The summed E-state index contributed by atoms with van der Waals surface area (Å²) >= 11 is 0. The van der Waals surface area contributed by atoms with E-state index < -0.39 is 0 Å². The monoisotopic (exact) mass is 239 g/mol. The molecule has 0 saturated carbocycles. The molecular weight excluding hydrogens is 222 g/mol. The highest BCUT2D eigenvalue weighted by molar-refractivity contribution is 5.79. The van der Waals surface area contributed by atoms with Gasteiger partial charge in [-0.15, -0.1) is 0 Å². The smallest absolute Gasteiger partial charge is 0.216 e. The fraction of sp³-hybridized carbons (Fsp3) is 0.188. The van der Waals surface area contributed by atoms with Gasteiger partial charge in [0.25, 0.3) is 0 Å². The number of hydrogen-bond donors (Lipinski definition) is 0. The van der Waals surface area contributed by atoms with E-state index in [2.05, 4.69) is 13.0 Å². The van der Waals surface area contributed by atoms with E-state index in [1.54, 1.807) is 6.21 Å². The SMILES string of the molecule is Cc1cc(C)c(C)c(C=[N+]([O-])c2ccccc2)c1. The largest absolute Gasteiger partial charge is 0.618 e. The Morgan fingerprint density at radius 3 is 2.33 bits per heavy atom. The molecule has 2 rings (SSSR count). The van der Waals surface area contributed by atoms with Crippen LogP contribution in [0.2, 0.25) is 0 Å². The molecule has 2 aromatic carbocycles. The number of benzene rings is 2. The first-order valence-corrected chi connectivity index (χ1v) is 6.02. The third kappa shape index (κ3) is 2.59. The molecular formula is C16H17NO. The number of aryl methyl sites for hydroxylation is 2. The van der Waals surface area contributed by atoms with Crippen molar-refractivity contribution in [2.45, 2.75) is 20.8 Å². The van der Waals surface area contributed by atoms with Gasteiger partial charge in [-0.05, 0) is 38.0 Å². The molecule has 2 heteroatoms. The van der Waals surface area contributed by atoms with Crippen molar-refractivity contribution < 1.29 is 4.74 Å². The van der Waals surface area contributed by atoms with Gasteiger partial charge in [-0.25, -0.2) is 0 Å². The summed E-state index contributed by atoms with van der Waals surface area (Å²) in [7, 11) is 0. The van der Waals surface area contributed by atoms with Gasteiger partial charge in [-0.1, -0.05) is 29.8 Å². The average molecular weight is 239 g/mol. The highest BCUT2D eigenvalue weighted by Crippen LogP contribution is 2.16. The molecule has 0 aromatic heterocycles. The van der Waals surface area contributed by atoms with Gasteiger partial charge in [0.1, 0.15) is 0 Å². The predicted octanol–water partition coefficient (Wildman–Crippen LogP) is 3.87. The van der Waals surface area contributed by atoms with Crippen LogP contribution < -0.4 is 0 Å². The van der Waals surface area contributed by atoms with Gasteiger partial charge in [-0.2, -0.15) is 4.74 Å². The molecule has 0 unspecified atom stereocenters. The van der Waals surface area contributed by atoms with E-state index in [1.165, 1.54) is 11.1 Å². The van der Waals surface area contributed by atoms with Crippen molar-refractivity contribution in [3.8, 4) is 0 Å². The standard InChI is InChI=1S/C16H17NO/c1-12-9-13(2)14(3)15(10-12)11-17(18)16-7-5-4-6-8-16/h4-11H,1-3H3. The van der Waals surface area contributed by atoms with E-state index in [1.807, 2.05) is 50.2 Å². The summed E-state index contributed by atoms with van der Waals surface area (Å²) in [5, 5.41) is 12.1. The minimum Gasteiger partial charge on any atom is -0.618 e. The fourth-order valence-corrected chi connectivity index (χ4v) is 1.98. The lowest BCUT2D eigenvalue weighted by atomic mass is 10.0. The van der Waals surface area contributed by atoms with Crippen LogP contribution in [0, 0.1) is 26.0 Å². The predicted molar refractivity (Wildman–Crippen MR) is 75.5 cm³/mol. The van der Waals surface area contributed by atoms with Crippen LogP contribution in [0.15, 0.2) is 42.5 Å². The molecule has 0 heterocycles. The van der Waals surface area contributed by atoms with Crippen molar-refractivity contribution >= 4 is 11.9 Å². The molecule has 0 amide bonds. The zero-order valence-electron chi connectivity index (χ0n) is 11.0. The lowest BCUT2D eigenvalue weighted by molar-refractivity contribution is -0.354. The van der Waals surface area contributed by atoms with Crippen LogP contribution in [0.1, 0.15) is 22.3 Å². The van der Waals surface area contributed by atoms with Crippen LogP contribution in [-0.4, -0.2) is 11.0 Å². The highest BCUT2D eigenvalue weighted by atomic mass is 16.5. The molecule has 0 aliphatic carbocycles. The summed E-state index contributed by atoms with van der Waals surface area (Å²) in [6.07, 6.45) is 1.64. The van der Waals surface area contributed by atoms with Crippen molar-refractivity contribution in [1.82, 2.24) is 0 Å². The summed E-state index contributed by atoms with van der Waals surface area (Å²) in [6.45, 7) is 6.15. The van der Waals surface area contributed by atoms with Gasteiger partial charge in [0, 0.05) is 17.7 Å². The fourth-order valence-electron chi connectivity index (χ4n) is 1.98. The zero-order chi connectivity index (χ0) is 13.1. The number of rotatable bonds is 2. The van der Waals surface area contributed by atoms with E-state index in [0.29, 0.717) is 5.69 Å². The van der Waals surface area contributed by atoms with E-state index in [4.69, 9.17) is 0 Å². The molecule has 0 fully saturated rings. The minimum atomic E-state index is 0.649. The van der Waals surface area contributed by atoms with Crippen molar-refractivity contribution in [1.29, 1.82) is 0 Å². The molecule has 0 aliphatic rings. The second kappa shape index (κ2) is 5.05. The Balaban J connectivity index is 2.45. The molecule has 18 heavy (non-hydrogen) atoms. The number of para-hydroxylation sites is 1. The highest BCUT2D eigenvalue weighted by Gasteiger charge is 2.05. The van der Waals surface area contributed by atoms with Gasteiger partial charge >= 0.3 is 0 Å². The van der Waals surface area contributed by atoms with Gasteiger partial charge in [-0.3, -0.25) is 0 Å². The molecule has 0 N–H and O–H groups in total. The molecule has 0 bridgehead atoms. The molecule has 0 spiro atoms. The van der Waals surface area contributed by atoms with Crippen LogP contribution in [0.5, 0.6) is 0 Å². The molecule has 0 aliphatic heterocycles. The number of hydrogen-bond acceptors (Lipinski definition) is 1. The second-order valence-electron chi connectivity index (χ2n) is 4.59. The topological polar surface area (TPSA) is 26.1 Å². The third-order valence-electron chi connectivity index (χ3n) is 3.12. The van der Waals surface area contributed by atoms with E-state index in [-0.39, 0.29) is 0 Å². The lowest BCUT2D eigenvalue weighted by Crippen LogP contribution is -2.02. The first kappa shape index (κ1) is 12.4. The Morgan fingerprint density at radius 2 is 1.67 bits per heavy atom. The lowest BCUT2D eigenvalue weighted by Gasteiger charge is -2.07. The molecule has 92 valence electrons. The van der Waals surface area contributed by atoms with Crippen molar-refractivity contribution in [2.75, 3.05) is 0 Å². The summed E-state index contributed by atoms with van der Waals surface area (Å²) < 4.78 is 0.918. The Hall–Kier alpha value is -2.09. The van der Waals surface area contributed by atoms with Crippen LogP contribution in [0.25, 0.3) is 0 Å². The van der Waals surface area contributed by atoms with Crippen molar-refractivity contribution in [3.63, 3.8) is 0 Å². The van der Waals surface area contributed by atoms with E-state index in [0.717, 1.165) is 15.9 Å². The third-order valence-corrected chi connectivity index (χ3v) is 3.12. The van der Waals surface area contributed by atoms with Crippen molar-refractivity contribution in [2.24, 2.45) is 0 Å². The maximum Gasteiger partial charge on any atom is 0.216 e. The van der Waals surface area contributed by atoms with Gasteiger partial charge in [0.05, 0.1) is 0 Å². The Morgan fingerprint density at radius 1 is 1.00 bits per heavy atom. The normalized spacial score (nSPS) is 11.6. The molecule has 2 aromatic rings. The van der Waals surface area contributed by atoms with Crippen LogP contribution in [-0.2, 0) is 0 Å². The summed E-state index contributed by atoms with van der Waals surface area (Å²) in [4.78, 5) is 0. The minimum absolute atomic E-state index is 0.649. The summed E-state index contributed by atoms with van der Waals surface area (Å²) in [5.41, 5.74) is 5.16. The molecule has 0 saturated heterocycles. The molecule has 0 atom stereocenters. The van der Waals surface area contributed by atoms with Gasteiger partial charge in [0.15, 0.2) is 6.21 Å². The number of nitrogens with zero attached hydrogens (tertiary/aromatic N) is 1. The van der Waals surface area contributed by atoms with E-state index in [9.17, 15) is 5.21 Å². The van der Waals surface area contributed by atoms with E-state index >= 15 is 0 Å².